The van der Waals surface area contributed by atoms with Gasteiger partial charge in [0.2, 0.25) is 0 Å². The van der Waals surface area contributed by atoms with Crippen molar-refractivity contribution in [3.05, 3.63) is 72.2 Å². The van der Waals surface area contributed by atoms with E-state index in [0.29, 0.717) is 0 Å². The van der Waals surface area contributed by atoms with Gasteiger partial charge in [0.25, 0.3) is 0 Å². The number of pyridine rings is 1. The van der Waals surface area contributed by atoms with E-state index >= 15 is 0 Å². The van der Waals surface area contributed by atoms with Crippen molar-refractivity contribution in [2.24, 2.45) is 0 Å². The molecule has 0 aliphatic carbocycles. The van der Waals surface area contributed by atoms with Crippen LogP contribution >= 0.6 is 11.8 Å². The number of rotatable bonds is 4. The summed E-state index contributed by atoms with van der Waals surface area (Å²) in [5.74, 6) is 0.722. The first-order chi connectivity index (χ1) is 12.6. The third-order valence-electron chi connectivity index (χ3n) is 4.54. The van der Waals surface area contributed by atoms with Crippen LogP contribution in [0.1, 0.15) is 10.8 Å². The predicted molar refractivity (Wildman–Crippen MR) is 107 cm³/mol. The number of benzene rings is 2. The molecule has 132 valence electrons. The van der Waals surface area contributed by atoms with Gasteiger partial charge in [-0.05, 0) is 47.5 Å². The number of nitrogens with zero attached hydrogens (tertiary/aromatic N) is 2. The highest BCUT2D eigenvalue weighted by molar-refractivity contribution is 7.99. The Morgan fingerprint density at radius 3 is 2.65 bits per heavy atom. The van der Waals surface area contributed by atoms with E-state index in [9.17, 15) is 4.39 Å². The largest absolute Gasteiger partial charge is 0.378 e. The van der Waals surface area contributed by atoms with Crippen molar-refractivity contribution < 1.29 is 4.39 Å². The van der Waals surface area contributed by atoms with Crippen molar-refractivity contribution in [1.29, 1.82) is 0 Å². The highest BCUT2D eigenvalue weighted by Crippen LogP contribution is 2.46. The molecule has 1 atom stereocenters. The fraction of sp³-hybridized carbons (Fsp3) is 0.190. The van der Waals surface area contributed by atoms with Gasteiger partial charge in [-0.25, -0.2) is 9.37 Å². The molecule has 3 aromatic rings. The summed E-state index contributed by atoms with van der Waals surface area (Å²) in [5, 5.41) is 3.59. The van der Waals surface area contributed by atoms with E-state index in [4.69, 9.17) is 0 Å². The average Bonchev–Trinajstić information content (AvgIpc) is 3.05. The molecule has 0 saturated heterocycles. The van der Waals surface area contributed by atoms with Crippen LogP contribution in [0, 0.1) is 5.82 Å². The minimum Gasteiger partial charge on any atom is -0.378 e. The Hall–Kier alpha value is -2.53. The molecule has 1 unspecified atom stereocenters. The lowest BCUT2D eigenvalue weighted by Crippen LogP contribution is -2.08. The van der Waals surface area contributed by atoms with Gasteiger partial charge >= 0.3 is 0 Å². The SMILES string of the molecule is CN(C)c1ccc(-c2ccnc3c2C(Sc2cccc(F)c2)CN3)cc1. The summed E-state index contributed by atoms with van der Waals surface area (Å²) in [6.45, 7) is 0.788. The Labute approximate surface area is 157 Å². The highest BCUT2D eigenvalue weighted by Gasteiger charge is 2.27. The van der Waals surface area contributed by atoms with Crippen molar-refractivity contribution in [2.75, 3.05) is 30.9 Å². The van der Waals surface area contributed by atoms with Gasteiger partial charge in [-0.1, -0.05) is 18.2 Å². The Morgan fingerprint density at radius 1 is 1.12 bits per heavy atom. The first kappa shape index (κ1) is 16.9. The number of hydrogen-bond donors (Lipinski definition) is 1. The molecule has 4 rings (SSSR count). The van der Waals surface area contributed by atoms with Gasteiger partial charge in [-0.2, -0.15) is 0 Å². The minimum absolute atomic E-state index is 0.198. The second-order valence-corrected chi connectivity index (χ2v) is 7.78. The van der Waals surface area contributed by atoms with Crippen LogP contribution < -0.4 is 10.2 Å². The zero-order valence-electron chi connectivity index (χ0n) is 14.7. The summed E-state index contributed by atoms with van der Waals surface area (Å²) in [4.78, 5) is 7.51. The van der Waals surface area contributed by atoms with Crippen LogP contribution in [0.25, 0.3) is 11.1 Å². The molecule has 0 bridgehead atoms. The number of anilines is 2. The van der Waals surface area contributed by atoms with Crippen LogP contribution in [0.3, 0.4) is 0 Å². The summed E-state index contributed by atoms with van der Waals surface area (Å²) in [5.41, 5.74) is 4.71. The quantitative estimate of drug-likeness (QED) is 0.687. The van der Waals surface area contributed by atoms with E-state index in [1.54, 1.807) is 23.9 Å². The lowest BCUT2D eigenvalue weighted by Gasteiger charge is -2.16. The number of nitrogens with one attached hydrogen (secondary N) is 1. The summed E-state index contributed by atoms with van der Waals surface area (Å²) in [6.07, 6.45) is 1.84. The van der Waals surface area contributed by atoms with Crippen LogP contribution in [0.4, 0.5) is 15.9 Å². The normalized spacial score (nSPS) is 15.4. The Bertz CT molecular complexity index is 925. The van der Waals surface area contributed by atoms with Crippen molar-refractivity contribution in [3.8, 4) is 11.1 Å². The van der Waals surface area contributed by atoms with Gasteiger partial charge in [0.1, 0.15) is 11.6 Å². The second-order valence-electron chi connectivity index (χ2n) is 6.51. The molecule has 0 amide bonds. The van der Waals surface area contributed by atoms with E-state index in [2.05, 4.69) is 45.5 Å². The molecular weight excluding hydrogens is 345 g/mol. The fourth-order valence-corrected chi connectivity index (χ4v) is 4.42. The monoisotopic (exact) mass is 365 g/mol. The topological polar surface area (TPSA) is 28.2 Å². The lowest BCUT2D eigenvalue weighted by atomic mass is 10.00. The number of hydrogen-bond acceptors (Lipinski definition) is 4. The van der Waals surface area contributed by atoms with E-state index in [0.717, 1.165) is 17.3 Å². The predicted octanol–water partition coefficient (Wildman–Crippen LogP) is 5.21. The Balaban J connectivity index is 1.69. The number of halogens is 1. The van der Waals surface area contributed by atoms with Gasteiger partial charge in [-0.3, -0.25) is 0 Å². The van der Waals surface area contributed by atoms with Gasteiger partial charge < -0.3 is 10.2 Å². The lowest BCUT2D eigenvalue weighted by molar-refractivity contribution is 0.624. The van der Waals surface area contributed by atoms with Gasteiger partial charge in [0, 0.05) is 43.0 Å². The van der Waals surface area contributed by atoms with Gasteiger partial charge in [-0.15, -0.1) is 11.8 Å². The maximum atomic E-state index is 13.5. The molecule has 1 aromatic heterocycles. The zero-order chi connectivity index (χ0) is 18.1. The molecule has 0 radical (unpaired) electrons. The van der Waals surface area contributed by atoms with Gasteiger partial charge in [0.15, 0.2) is 0 Å². The number of aromatic nitrogens is 1. The average molecular weight is 365 g/mol. The van der Waals surface area contributed by atoms with Crippen LogP contribution in [0.5, 0.6) is 0 Å². The summed E-state index contributed by atoms with van der Waals surface area (Å²) < 4.78 is 13.5. The summed E-state index contributed by atoms with van der Waals surface area (Å²) >= 11 is 1.67. The van der Waals surface area contributed by atoms with Crippen LogP contribution in [-0.4, -0.2) is 25.6 Å². The van der Waals surface area contributed by atoms with Crippen molar-refractivity contribution in [3.63, 3.8) is 0 Å². The molecule has 1 aliphatic rings. The molecular formula is C21H20FN3S. The van der Waals surface area contributed by atoms with Crippen LogP contribution in [0.15, 0.2) is 65.7 Å². The van der Waals surface area contributed by atoms with Crippen LogP contribution in [0.2, 0.25) is 0 Å². The second kappa shape index (κ2) is 7.00. The van der Waals surface area contributed by atoms with E-state index in [1.165, 1.54) is 28.4 Å². The summed E-state index contributed by atoms with van der Waals surface area (Å²) in [6, 6.07) is 17.4. The minimum atomic E-state index is -0.202. The fourth-order valence-electron chi connectivity index (χ4n) is 3.23. The van der Waals surface area contributed by atoms with Crippen molar-refractivity contribution >= 4 is 23.3 Å². The number of thioether (sulfide) groups is 1. The highest BCUT2D eigenvalue weighted by atomic mass is 32.2. The van der Waals surface area contributed by atoms with Crippen molar-refractivity contribution in [2.45, 2.75) is 10.1 Å². The molecule has 0 saturated carbocycles. The van der Waals surface area contributed by atoms with Crippen molar-refractivity contribution in [1.82, 2.24) is 4.98 Å². The molecule has 0 spiro atoms. The molecule has 0 fully saturated rings. The molecule has 26 heavy (non-hydrogen) atoms. The first-order valence-corrected chi connectivity index (χ1v) is 9.42. The molecule has 2 heterocycles. The van der Waals surface area contributed by atoms with E-state index in [1.807, 2.05) is 26.4 Å². The van der Waals surface area contributed by atoms with E-state index < -0.39 is 0 Å². The molecule has 5 heteroatoms. The summed E-state index contributed by atoms with van der Waals surface area (Å²) in [7, 11) is 4.07. The maximum absolute atomic E-state index is 13.5. The Kier molecular flexibility index (Phi) is 4.55. The third kappa shape index (κ3) is 3.27. The van der Waals surface area contributed by atoms with Gasteiger partial charge in [0.05, 0.1) is 5.25 Å². The molecule has 1 aliphatic heterocycles. The first-order valence-electron chi connectivity index (χ1n) is 8.54. The maximum Gasteiger partial charge on any atom is 0.131 e. The number of fused-ring (bicyclic) bond motifs is 1. The zero-order valence-corrected chi connectivity index (χ0v) is 15.6. The Morgan fingerprint density at radius 2 is 1.92 bits per heavy atom. The smallest absolute Gasteiger partial charge is 0.131 e. The molecule has 3 nitrogen and oxygen atoms in total. The van der Waals surface area contributed by atoms with Crippen LogP contribution in [-0.2, 0) is 0 Å². The molecule has 1 N–H and O–H groups in total. The van der Waals surface area contributed by atoms with E-state index in [-0.39, 0.29) is 11.1 Å². The third-order valence-corrected chi connectivity index (χ3v) is 5.75. The standard InChI is InChI=1S/C21H20FN3S/c1-25(2)16-8-6-14(7-9-16)18-10-11-23-21-20(18)19(13-24-21)26-17-5-3-4-15(22)12-17/h3-12,19H,13H2,1-2H3,(H,23,24). The molecule has 2 aromatic carbocycles.